The standard InChI is InChI=1S/C13H14N2O4/c1-2-12-14-11(15-19-12)8-18-10-5-3-9(4-6-10)7-13(16)17/h3-6H,2,7-8H2,1H3,(H,16,17). The van der Waals surface area contributed by atoms with Crippen LogP contribution < -0.4 is 4.74 Å². The molecule has 0 aliphatic rings. The molecule has 0 saturated carbocycles. The molecule has 0 radical (unpaired) electrons. The molecular formula is C13H14N2O4. The molecule has 0 saturated heterocycles. The smallest absolute Gasteiger partial charge is 0.307 e. The molecule has 1 N–H and O–H groups in total. The Balaban J connectivity index is 1.90. The van der Waals surface area contributed by atoms with Gasteiger partial charge in [-0.15, -0.1) is 0 Å². The van der Waals surface area contributed by atoms with Crippen molar-refractivity contribution in [1.82, 2.24) is 10.1 Å². The Morgan fingerprint density at radius 2 is 2.11 bits per heavy atom. The monoisotopic (exact) mass is 262 g/mol. The zero-order chi connectivity index (χ0) is 13.7. The number of carbonyl (C=O) groups is 1. The van der Waals surface area contributed by atoms with Crippen molar-refractivity contribution in [3.8, 4) is 5.75 Å². The summed E-state index contributed by atoms with van der Waals surface area (Å²) in [4.78, 5) is 14.7. The molecule has 100 valence electrons. The summed E-state index contributed by atoms with van der Waals surface area (Å²) in [6.45, 7) is 2.15. The fourth-order valence-corrected chi connectivity index (χ4v) is 1.52. The molecule has 19 heavy (non-hydrogen) atoms. The summed E-state index contributed by atoms with van der Waals surface area (Å²) in [5.74, 6) is 0.853. The summed E-state index contributed by atoms with van der Waals surface area (Å²) in [7, 11) is 0. The first kappa shape index (κ1) is 13.1. The molecule has 6 heteroatoms. The fourth-order valence-electron chi connectivity index (χ4n) is 1.52. The molecule has 0 unspecified atom stereocenters. The minimum absolute atomic E-state index is 0.00494. The van der Waals surface area contributed by atoms with Crippen molar-refractivity contribution < 1.29 is 19.2 Å². The van der Waals surface area contributed by atoms with Crippen molar-refractivity contribution >= 4 is 5.97 Å². The minimum Gasteiger partial charge on any atom is -0.485 e. The third-order valence-corrected chi connectivity index (χ3v) is 2.46. The second-order valence-corrected chi connectivity index (χ2v) is 3.96. The number of nitrogens with zero attached hydrogens (tertiary/aromatic N) is 2. The number of aryl methyl sites for hydroxylation is 1. The number of carboxylic acid groups (broad SMARTS) is 1. The van der Waals surface area contributed by atoms with Crippen LogP contribution in [0.3, 0.4) is 0 Å². The van der Waals surface area contributed by atoms with Crippen LogP contribution in [0.2, 0.25) is 0 Å². The lowest BCUT2D eigenvalue weighted by molar-refractivity contribution is -0.136. The van der Waals surface area contributed by atoms with Gasteiger partial charge in [0, 0.05) is 6.42 Å². The summed E-state index contributed by atoms with van der Waals surface area (Å²) in [5.41, 5.74) is 0.729. The average molecular weight is 262 g/mol. The molecule has 0 fully saturated rings. The first-order valence-corrected chi connectivity index (χ1v) is 5.92. The molecule has 1 aromatic carbocycles. The van der Waals surface area contributed by atoms with E-state index in [1.54, 1.807) is 24.3 Å². The summed E-state index contributed by atoms with van der Waals surface area (Å²) >= 11 is 0. The fraction of sp³-hybridized carbons (Fsp3) is 0.308. The van der Waals surface area contributed by atoms with Gasteiger partial charge in [-0.3, -0.25) is 4.79 Å². The van der Waals surface area contributed by atoms with Crippen molar-refractivity contribution in [2.24, 2.45) is 0 Å². The topological polar surface area (TPSA) is 85.5 Å². The largest absolute Gasteiger partial charge is 0.485 e. The molecule has 2 aromatic rings. The van der Waals surface area contributed by atoms with Crippen molar-refractivity contribution in [2.75, 3.05) is 0 Å². The number of rotatable bonds is 6. The first-order chi connectivity index (χ1) is 9.17. The molecule has 0 amide bonds. The van der Waals surface area contributed by atoms with Gasteiger partial charge in [0.1, 0.15) is 5.75 Å². The van der Waals surface area contributed by atoms with E-state index in [-0.39, 0.29) is 13.0 Å². The quantitative estimate of drug-likeness (QED) is 0.854. The second kappa shape index (κ2) is 5.99. The van der Waals surface area contributed by atoms with Crippen molar-refractivity contribution in [3.63, 3.8) is 0 Å². The van der Waals surface area contributed by atoms with E-state index in [9.17, 15) is 4.79 Å². The highest BCUT2D eigenvalue weighted by atomic mass is 16.5. The number of hydrogen-bond donors (Lipinski definition) is 1. The van der Waals surface area contributed by atoms with Crippen LogP contribution in [0, 0.1) is 0 Å². The molecule has 0 bridgehead atoms. The summed E-state index contributed by atoms with van der Waals surface area (Å²) in [5, 5.41) is 12.4. The lowest BCUT2D eigenvalue weighted by Gasteiger charge is -2.03. The van der Waals surface area contributed by atoms with Gasteiger partial charge in [-0.1, -0.05) is 24.2 Å². The molecule has 0 spiro atoms. The van der Waals surface area contributed by atoms with Crippen molar-refractivity contribution in [2.45, 2.75) is 26.4 Å². The van der Waals surface area contributed by atoms with E-state index < -0.39 is 5.97 Å². The highest BCUT2D eigenvalue weighted by Gasteiger charge is 2.05. The zero-order valence-electron chi connectivity index (χ0n) is 10.5. The predicted octanol–water partition coefficient (Wildman–Crippen LogP) is 1.84. The normalized spacial score (nSPS) is 10.4. The molecule has 1 heterocycles. The number of aliphatic carboxylic acids is 1. The minimum atomic E-state index is -0.854. The maximum absolute atomic E-state index is 10.5. The molecule has 0 aliphatic heterocycles. The molecule has 1 aromatic heterocycles. The van der Waals surface area contributed by atoms with Gasteiger partial charge in [0.05, 0.1) is 6.42 Å². The van der Waals surface area contributed by atoms with Gasteiger partial charge >= 0.3 is 5.97 Å². The van der Waals surface area contributed by atoms with E-state index >= 15 is 0 Å². The van der Waals surface area contributed by atoms with Crippen LogP contribution in [-0.4, -0.2) is 21.2 Å². The number of hydrogen-bond acceptors (Lipinski definition) is 5. The number of benzene rings is 1. The molecule has 2 rings (SSSR count). The predicted molar refractivity (Wildman–Crippen MR) is 65.8 cm³/mol. The Morgan fingerprint density at radius 1 is 1.37 bits per heavy atom. The van der Waals surface area contributed by atoms with E-state index in [0.717, 1.165) is 5.56 Å². The van der Waals surface area contributed by atoms with Gasteiger partial charge in [0.2, 0.25) is 11.7 Å². The highest BCUT2D eigenvalue weighted by molar-refractivity contribution is 5.70. The Labute approximate surface area is 110 Å². The van der Waals surface area contributed by atoms with E-state index in [1.807, 2.05) is 6.92 Å². The van der Waals surface area contributed by atoms with E-state index in [0.29, 0.717) is 23.9 Å². The van der Waals surface area contributed by atoms with Crippen LogP contribution in [0.25, 0.3) is 0 Å². The third kappa shape index (κ3) is 3.80. The second-order valence-electron chi connectivity index (χ2n) is 3.96. The van der Waals surface area contributed by atoms with Crippen LogP contribution in [0.5, 0.6) is 5.75 Å². The Hall–Kier alpha value is -2.37. The molecule has 6 nitrogen and oxygen atoms in total. The first-order valence-electron chi connectivity index (χ1n) is 5.92. The van der Waals surface area contributed by atoms with Gasteiger partial charge < -0.3 is 14.4 Å². The van der Waals surface area contributed by atoms with Crippen LogP contribution >= 0.6 is 0 Å². The summed E-state index contributed by atoms with van der Waals surface area (Å²) < 4.78 is 10.4. The summed E-state index contributed by atoms with van der Waals surface area (Å²) in [6.07, 6.45) is 0.696. The Kier molecular flexibility index (Phi) is 4.12. The van der Waals surface area contributed by atoms with Crippen LogP contribution in [-0.2, 0) is 24.2 Å². The maximum atomic E-state index is 10.5. The molecule has 0 atom stereocenters. The molecular weight excluding hydrogens is 248 g/mol. The van der Waals surface area contributed by atoms with E-state index in [4.69, 9.17) is 14.4 Å². The highest BCUT2D eigenvalue weighted by Crippen LogP contribution is 2.14. The van der Waals surface area contributed by atoms with Crippen molar-refractivity contribution in [1.29, 1.82) is 0 Å². The van der Waals surface area contributed by atoms with Crippen LogP contribution in [0.15, 0.2) is 28.8 Å². The number of carboxylic acids is 1. The van der Waals surface area contributed by atoms with Gasteiger partial charge in [-0.25, -0.2) is 0 Å². The average Bonchev–Trinajstić information content (AvgIpc) is 2.85. The Bertz CT molecular complexity index is 548. The lowest BCUT2D eigenvalue weighted by Crippen LogP contribution is -2.00. The third-order valence-electron chi connectivity index (χ3n) is 2.46. The SMILES string of the molecule is CCc1nc(COc2ccc(CC(=O)O)cc2)no1. The van der Waals surface area contributed by atoms with E-state index in [2.05, 4.69) is 10.1 Å². The van der Waals surface area contributed by atoms with Gasteiger partial charge in [-0.2, -0.15) is 4.98 Å². The number of aromatic nitrogens is 2. The van der Waals surface area contributed by atoms with Gasteiger partial charge in [-0.05, 0) is 17.7 Å². The van der Waals surface area contributed by atoms with Gasteiger partial charge in [0.25, 0.3) is 0 Å². The zero-order valence-corrected chi connectivity index (χ0v) is 10.5. The maximum Gasteiger partial charge on any atom is 0.307 e. The van der Waals surface area contributed by atoms with Crippen LogP contribution in [0.4, 0.5) is 0 Å². The molecule has 0 aliphatic carbocycles. The van der Waals surface area contributed by atoms with Crippen LogP contribution in [0.1, 0.15) is 24.2 Å². The lowest BCUT2D eigenvalue weighted by atomic mass is 10.1. The van der Waals surface area contributed by atoms with Crippen molar-refractivity contribution in [3.05, 3.63) is 41.5 Å². The number of ether oxygens (including phenoxy) is 1. The van der Waals surface area contributed by atoms with E-state index in [1.165, 1.54) is 0 Å². The summed E-state index contributed by atoms with van der Waals surface area (Å²) in [6, 6.07) is 6.88. The van der Waals surface area contributed by atoms with Gasteiger partial charge in [0.15, 0.2) is 6.61 Å². The Morgan fingerprint density at radius 3 is 2.68 bits per heavy atom.